The molecule has 1 saturated carbocycles. The zero-order valence-electron chi connectivity index (χ0n) is 21.6. The van der Waals surface area contributed by atoms with Crippen LogP contribution in [0.25, 0.3) is 6.08 Å². The summed E-state index contributed by atoms with van der Waals surface area (Å²) in [5.74, 6) is 0.137. The number of rotatable bonds is 5. The molecule has 0 bridgehead atoms. The topological polar surface area (TPSA) is 39.1 Å². The maximum atomic E-state index is 13.7. The molecule has 1 heterocycles. The van der Waals surface area contributed by atoms with Crippen LogP contribution in [0.3, 0.4) is 0 Å². The molecule has 0 aromatic heterocycles. The fourth-order valence-electron chi connectivity index (χ4n) is 5.25. The molecule has 2 aliphatic rings. The summed E-state index contributed by atoms with van der Waals surface area (Å²) in [6.45, 7) is 0. The standard InChI is InChI=1S/C31H34N4O/c1-33(2)26-17-13-22(14-18-26)21-25-11-8-12-28-29(25)32-35(31(36)24-9-6-5-7-10-24)30(28)23-15-19-27(20-16-23)34(3)4/h5-7,9-10,13-21,28,30H,8,11-12H2,1-4H3/b25-21+/t28-,30+/m1/s1. The number of allylic oxidation sites excluding steroid dienone is 1. The lowest BCUT2D eigenvalue weighted by Crippen LogP contribution is -2.32. The second-order valence-electron chi connectivity index (χ2n) is 10.1. The van der Waals surface area contributed by atoms with E-state index in [1.54, 1.807) is 5.01 Å². The SMILES string of the molecule is CN(C)c1ccc(/C=C2\CCC[C@@H]3C2=NN(C(=O)c2ccccc2)[C@H]3c2ccc(N(C)C)cc2)cc1. The molecule has 0 unspecified atom stereocenters. The third kappa shape index (κ3) is 4.66. The van der Waals surface area contributed by atoms with Crippen LogP contribution in [0.4, 0.5) is 11.4 Å². The van der Waals surface area contributed by atoms with E-state index in [-0.39, 0.29) is 17.9 Å². The van der Waals surface area contributed by atoms with Crippen LogP contribution < -0.4 is 9.80 Å². The van der Waals surface area contributed by atoms with Gasteiger partial charge in [0.1, 0.15) is 0 Å². The Labute approximate surface area is 214 Å². The van der Waals surface area contributed by atoms with Gasteiger partial charge in [-0.1, -0.05) is 42.5 Å². The van der Waals surface area contributed by atoms with Gasteiger partial charge in [-0.3, -0.25) is 4.79 Å². The average Bonchev–Trinajstić information content (AvgIpc) is 3.30. The molecule has 5 rings (SSSR count). The maximum Gasteiger partial charge on any atom is 0.274 e. The molecule has 1 aliphatic carbocycles. The molecular weight excluding hydrogens is 444 g/mol. The van der Waals surface area contributed by atoms with Crippen molar-refractivity contribution in [3.05, 3.63) is 101 Å². The van der Waals surface area contributed by atoms with Gasteiger partial charge >= 0.3 is 0 Å². The molecule has 184 valence electrons. The molecule has 0 saturated heterocycles. The Kier molecular flexibility index (Phi) is 6.64. The summed E-state index contributed by atoms with van der Waals surface area (Å²) in [5.41, 5.74) is 7.58. The van der Waals surface area contributed by atoms with Crippen LogP contribution in [0.15, 0.2) is 89.5 Å². The Morgan fingerprint density at radius 1 is 0.861 bits per heavy atom. The van der Waals surface area contributed by atoms with E-state index in [1.165, 1.54) is 16.8 Å². The number of nitrogens with zero attached hydrogens (tertiary/aromatic N) is 4. The number of benzene rings is 3. The average molecular weight is 479 g/mol. The number of anilines is 2. The van der Waals surface area contributed by atoms with Crippen LogP contribution in [-0.2, 0) is 0 Å². The van der Waals surface area contributed by atoms with Crippen molar-refractivity contribution in [1.82, 2.24) is 5.01 Å². The Bertz CT molecular complexity index is 1270. The van der Waals surface area contributed by atoms with Crippen LogP contribution in [0, 0.1) is 5.92 Å². The van der Waals surface area contributed by atoms with Gasteiger partial charge in [-0.25, -0.2) is 5.01 Å². The van der Waals surface area contributed by atoms with Gasteiger partial charge in [-0.2, -0.15) is 5.10 Å². The number of hydrazone groups is 1. The summed E-state index contributed by atoms with van der Waals surface area (Å²) in [4.78, 5) is 17.9. The lowest BCUT2D eigenvalue weighted by atomic mass is 9.77. The first kappa shape index (κ1) is 23.9. The van der Waals surface area contributed by atoms with Gasteiger partial charge in [0, 0.05) is 51.0 Å². The summed E-state index contributed by atoms with van der Waals surface area (Å²) < 4.78 is 0. The highest BCUT2D eigenvalue weighted by molar-refractivity contribution is 6.09. The van der Waals surface area contributed by atoms with Crippen LogP contribution in [0.1, 0.15) is 46.8 Å². The number of carbonyl (C=O) groups excluding carboxylic acids is 1. The first-order chi connectivity index (χ1) is 17.4. The molecule has 3 aromatic carbocycles. The van der Waals surface area contributed by atoms with Crippen molar-refractivity contribution in [3.8, 4) is 0 Å². The van der Waals surface area contributed by atoms with Crippen molar-refractivity contribution in [1.29, 1.82) is 0 Å². The summed E-state index contributed by atoms with van der Waals surface area (Å²) in [5, 5.41) is 6.78. The van der Waals surface area contributed by atoms with E-state index in [0.29, 0.717) is 5.56 Å². The Morgan fingerprint density at radius 3 is 2.08 bits per heavy atom. The van der Waals surface area contributed by atoms with Crippen molar-refractivity contribution in [2.45, 2.75) is 25.3 Å². The van der Waals surface area contributed by atoms with Crippen LogP contribution in [0.2, 0.25) is 0 Å². The molecule has 5 nitrogen and oxygen atoms in total. The maximum absolute atomic E-state index is 13.7. The monoisotopic (exact) mass is 478 g/mol. The van der Waals surface area contributed by atoms with Gasteiger partial charge < -0.3 is 9.80 Å². The van der Waals surface area contributed by atoms with E-state index in [0.717, 1.165) is 36.2 Å². The van der Waals surface area contributed by atoms with Gasteiger partial charge in [0.15, 0.2) is 0 Å². The smallest absolute Gasteiger partial charge is 0.274 e. The van der Waals surface area contributed by atoms with Crippen LogP contribution in [-0.4, -0.2) is 44.8 Å². The normalized spacial score (nSPS) is 20.2. The third-order valence-corrected chi connectivity index (χ3v) is 7.23. The van der Waals surface area contributed by atoms with Crippen LogP contribution >= 0.6 is 0 Å². The summed E-state index contributed by atoms with van der Waals surface area (Å²) in [6.07, 6.45) is 5.34. The van der Waals surface area contributed by atoms with Crippen LogP contribution in [0.5, 0.6) is 0 Å². The number of carbonyl (C=O) groups is 1. The lowest BCUT2D eigenvalue weighted by molar-refractivity contribution is 0.0681. The highest BCUT2D eigenvalue weighted by Gasteiger charge is 2.43. The van der Waals surface area contributed by atoms with Crippen molar-refractivity contribution in [2.24, 2.45) is 11.0 Å². The molecule has 3 aromatic rings. The minimum absolute atomic E-state index is 0.0473. The molecule has 5 heteroatoms. The second-order valence-corrected chi connectivity index (χ2v) is 10.1. The Balaban J connectivity index is 1.54. The quantitative estimate of drug-likeness (QED) is 0.435. The molecule has 0 spiro atoms. The molecular formula is C31H34N4O. The van der Waals surface area contributed by atoms with Gasteiger partial charge in [0.25, 0.3) is 5.91 Å². The first-order valence-corrected chi connectivity index (χ1v) is 12.6. The number of fused-ring (bicyclic) bond motifs is 1. The van der Waals surface area contributed by atoms with Gasteiger partial charge in [0.05, 0.1) is 11.8 Å². The van der Waals surface area contributed by atoms with E-state index in [4.69, 9.17) is 5.10 Å². The molecule has 36 heavy (non-hydrogen) atoms. The van der Waals surface area contributed by atoms with E-state index in [1.807, 2.05) is 44.4 Å². The predicted molar refractivity (Wildman–Crippen MR) is 150 cm³/mol. The zero-order valence-corrected chi connectivity index (χ0v) is 21.6. The van der Waals surface area contributed by atoms with Crippen molar-refractivity contribution >= 4 is 29.1 Å². The highest BCUT2D eigenvalue weighted by atomic mass is 16.2. The summed E-state index contributed by atoms with van der Waals surface area (Å²) >= 11 is 0. The first-order valence-electron chi connectivity index (χ1n) is 12.6. The predicted octanol–water partition coefficient (Wildman–Crippen LogP) is 6.26. The summed E-state index contributed by atoms with van der Waals surface area (Å²) in [7, 11) is 8.19. The van der Waals surface area contributed by atoms with Crippen molar-refractivity contribution in [3.63, 3.8) is 0 Å². The lowest BCUT2D eigenvalue weighted by Gasteiger charge is -2.30. The second kappa shape index (κ2) is 10.0. The molecule has 1 aliphatic heterocycles. The highest BCUT2D eigenvalue weighted by Crippen LogP contribution is 2.45. The zero-order chi connectivity index (χ0) is 25.2. The van der Waals surface area contributed by atoms with Gasteiger partial charge in [-0.15, -0.1) is 0 Å². The molecule has 1 fully saturated rings. The van der Waals surface area contributed by atoms with Crippen molar-refractivity contribution in [2.75, 3.05) is 38.0 Å². The number of hydrogen-bond acceptors (Lipinski definition) is 4. The fraction of sp³-hybridized carbons (Fsp3) is 0.290. The van der Waals surface area contributed by atoms with E-state index >= 15 is 0 Å². The summed E-state index contributed by atoms with van der Waals surface area (Å²) in [6, 6.07) is 26.6. The largest absolute Gasteiger partial charge is 0.378 e. The number of hydrogen-bond donors (Lipinski definition) is 0. The Hall–Kier alpha value is -3.86. The minimum atomic E-state index is -0.108. The Morgan fingerprint density at radius 2 is 1.47 bits per heavy atom. The van der Waals surface area contributed by atoms with E-state index in [2.05, 4.69) is 78.5 Å². The van der Waals surface area contributed by atoms with Crippen molar-refractivity contribution < 1.29 is 4.79 Å². The van der Waals surface area contributed by atoms with E-state index in [9.17, 15) is 4.79 Å². The van der Waals surface area contributed by atoms with Gasteiger partial charge in [0.2, 0.25) is 0 Å². The molecule has 2 atom stereocenters. The minimum Gasteiger partial charge on any atom is -0.378 e. The van der Waals surface area contributed by atoms with Gasteiger partial charge in [-0.05, 0) is 78.4 Å². The molecule has 0 radical (unpaired) electrons. The molecule has 0 N–H and O–H groups in total. The molecule has 1 amide bonds. The van der Waals surface area contributed by atoms with E-state index < -0.39 is 0 Å². The number of amides is 1. The fourth-order valence-corrected chi connectivity index (χ4v) is 5.25. The third-order valence-electron chi connectivity index (χ3n) is 7.23.